The minimum Gasteiger partial charge on any atom is -0.508 e. The predicted molar refractivity (Wildman–Crippen MR) is 87.0 cm³/mol. The molecule has 1 aromatic heterocycles. The number of aromatic hydroxyl groups is 1. The normalized spacial score (nSPS) is 11.8. The fraction of sp³-hybridized carbons (Fsp3) is 0.0625. The van der Waals surface area contributed by atoms with E-state index in [0.29, 0.717) is 16.9 Å². The van der Waals surface area contributed by atoms with Crippen LogP contribution in [-0.2, 0) is 10.0 Å². The Balaban J connectivity index is 2.13. The topological polar surface area (TPSA) is 98.2 Å². The number of nitrogens with two attached hydrogens (primary N) is 1. The molecule has 6 nitrogen and oxygen atoms in total. The lowest BCUT2D eigenvalue weighted by Crippen LogP contribution is -2.12. The molecular weight excluding hydrogens is 352 g/mol. The predicted octanol–water partition coefficient (Wildman–Crippen LogP) is 2.83. The largest absolute Gasteiger partial charge is 0.508 e. The Morgan fingerprint density at radius 2 is 1.64 bits per heavy atom. The molecular formula is C16H13F2N3O3S. The van der Waals surface area contributed by atoms with Crippen LogP contribution in [0.2, 0.25) is 0 Å². The van der Waals surface area contributed by atoms with Crippen LogP contribution in [0.15, 0.2) is 59.5 Å². The van der Waals surface area contributed by atoms with E-state index in [4.69, 9.17) is 5.14 Å². The number of hydrogen-bond acceptors (Lipinski definition) is 4. The molecule has 25 heavy (non-hydrogen) atoms. The minimum absolute atomic E-state index is 0.0430. The molecule has 9 heteroatoms. The zero-order valence-electron chi connectivity index (χ0n) is 12.7. The Morgan fingerprint density at radius 1 is 1.04 bits per heavy atom. The molecule has 1 heterocycles. The van der Waals surface area contributed by atoms with Crippen molar-refractivity contribution in [1.82, 2.24) is 9.78 Å². The number of phenols is 1. The standard InChI is InChI=1S/C16H13F2N3O3S/c17-16(18)14-9-15(10-1-5-12(22)6-2-10)21(20-14)11-3-7-13(8-4-11)25(19,23)24/h1-9,16,22H,(H2,19,23,24). The second-order valence-electron chi connectivity index (χ2n) is 5.25. The first-order valence-electron chi connectivity index (χ1n) is 7.06. The van der Waals surface area contributed by atoms with E-state index in [0.717, 1.165) is 0 Å². The van der Waals surface area contributed by atoms with Crippen LogP contribution in [-0.4, -0.2) is 23.3 Å². The summed E-state index contributed by atoms with van der Waals surface area (Å²) in [5.41, 5.74) is 0.910. The van der Waals surface area contributed by atoms with Gasteiger partial charge in [0, 0.05) is 5.56 Å². The summed E-state index contributed by atoms with van der Waals surface area (Å²) in [5.74, 6) is 0.0430. The zero-order chi connectivity index (χ0) is 18.2. The number of alkyl halides is 2. The van der Waals surface area contributed by atoms with Crippen LogP contribution in [0.3, 0.4) is 0 Å². The van der Waals surface area contributed by atoms with E-state index in [1.807, 2.05) is 0 Å². The minimum atomic E-state index is -3.85. The van der Waals surface area contributed by atoms with E-state index < -0.39 is 22.1 Å². The lowest BCUT2D eigenvalue weighted by atomic mass is 10.1. The van der Waals surface area contributed by atoms with Gasteiger partial charge >= 0.3 is 0 Å². The van der Waals surface area contributed by atoms with Crippen molar-refractivity contribution in [2.75, 3.05) is 0 Å². The number of nitrogens with zero attached hydrogens (tertiary/aromatic N) is 2. The Bertz CT molecular complexity index is 998. The fourth-order valence-electron chi connectivity index (χ4n) is 2.32. The van der Waals surface area contributed by atoms with Gasteiger partial charge in [-0.3, -0.25) is 0 Å². The van der Waals surface area contributed by atoms with Crippen molar-refractivity contribution in [3.8, 4) is 22.7 Å². The third-order valence-electron chi connectivity index (χ3n) is 3.52. The summed E-state index contributed by atoms with van der Waals surface area (Å²) in [6.45, 7) is 0. The quantitative estimate of drug-likeness (QED) is 0.743. The van der Waals surface area contributed by atoms with Crippen LogP contribution in [0.5, 0.6) is 5.75 Å². The molecule has 3 rings (SSSR count). The van der Waals surface area contributed by atoms with Crippen molar-refractivity contribution >= 4 is 10.0 Å². The summed E-state index contributed by atoms with van der Waals surface area (Å²) in [5, 5.41) is 18.3. The molecule has 0 bridgehead atoms. The van der Waals surface area contributed by atoms with E-state index in [-0.39, 0.29) is 10.6 Å². The van der Waals surface area contributed by atoms with Crippen molar-refractivity contribution in [2.24, 2.45) is 5.14 Å². The Morgan fingerprint density at radius 3 is 2.16 bits per heavy atom. The van der Waals surface area contributed by atoms with E-state index in [9.17, 15) is 22.3 Å². The van der Waals surface area contributed by atoms with Gasteiger partial charge < -0.3 is 5.11 Å². The van der Waals surface area contributed by atoms with Gasteiger partial charge in [0.2, 0.25) is 10.0 Å². The maximum Gasteiger partial charge on any atom is 0.282 e. The number of halogens is 2. The van der Waals surface area contributed by atoms with Gasteiger partial charge in [0.1, 0.15) is 11.4 Å². The van der Waals surface area contributed by atoms with E-state index in [1.165, 1.54) is 47.1 Å². The SMILES string of the molecule is NS(=O)(=O)c1ccc(-n2nc(C(F)F)cc2-c2ccc(O)cc2)cc1. The number of rotatable bonds is 4. The van der Waals surface area contributed by atoms with Crippen LogP contribution in [0.4, 0.5) is 8.78 Å². The average molecular weight is 365 g/mol. The number of hydrogen-bond donors (Lipinski definition) is 2. The Hall–Kier alpha value is -2.78. The first-order valence-corrected chi connectivity index (χ1v) is 8.61. The van der Waals surface area contributed by atoms with Crippen molar-refractivity contribution in [3.63, 3.8) is 0 Å². The Labute approximate surface area is 142 Å². The van der Waals surface area contributed by atoms with Crippen LogP contribution in [0, 0.1) is 0 Å². The first kappa shape index (κ1) is 17.1. The second kappa shape index (κ2) is 6.26. The molecule has 2 aromatic carbocycles. The number of benzene rings is 2. The van der Waals surface area contributed by atoms with Gasteiger partial charge in [0.05, 0.1) is 16.3 Å². The van der Waals surface area contributed by atoms with Crippen molar-refractivity contribution < 1.29 is 22.3 Å². The number of aromatic nitrogens is 2. The van der Waals surface area contributed by atoms with E-state index in [1.54, 1.807) is 12.1 Å². The van der Waals surface area contributed by atoms with Gasteiger partial charge in [-0.15, -0.1) is 0 Å². The van der Waals surface area contributed by atoms with Gasteiger partial charge in [-0.1, -0.05) is 0 Å². The molecule has 0 unspecified atom stereocenters. The molecule has 3 aromatic rings. The van der Waals surface area contributed by atoms with Crippen LogP contribution in [0.25, 0.3) is 16.9 Å². The van der Waals surface area contributed by atoms with Crippen molar-refractivity contribution in [3.05, 3.63) is 60.3 Å². The van der Waals surface area contributed by atoms with Crippen LogP contribution >= 0.6 is 0 Å². The molecule has 0 atom stereocenters. The van der Waals surface area contributed by atoms with Gasteiger partial charge in [-0.25, -0.2) is 27.0 Å². The molecule has 0 saturated carbocycles. The van der Waals surface area contributed by atoms with Gasteiger partial charge in [0.15, 0.2) is 0 Å². The highest BCUT2D eigenvalue weighted by Crippen LogP contribution is 2.29. The molecule has 3 N–H and O–H groups in total. The average Bonchev–Trinajstić information content (AvgIpc) is 3.00. The van der Waals surface area contributed by atoms with Gasteiger partial charge in [-0.2, -0.15) is 5.10 Å². The van der Waals surface area contributed by atoms with Gasteiger partial charge in [0.25, 0.3) is 6.43 Å². The summed E-state index contributed by atoms with van der Waals surface area (Å²) in [6.07, 6.45) is -2.76. The highest BCUT2D eigenvalue weighted by Gasteiger charge is 2.18. The maximum absolute atomic E-state index is 13.1. The molecule has 130 valence electrons. The van der Waals surface area contributed by atoms with Crippen molar-refractivity contribution in [1.29, 1.82) is 0 Å². The molecule has 0 aliphatic rings. The molecule has 0 fully saturated rings. The zero-order valence-corrected chi connectivity index (χ0v) is 13.5. The molecule has 0 amide bonds. The van der Waals surface area contributed by atoms with Crippen LogP contribution in [0.1, 0.15) is 12.1 Å². The summed E-state index contributed by atoms with van der Waals surface area (Å²) >= 11 is 0. The lowest BCUT2D eigenvalue weighted by molar-refractivity contribution is 0.145. The van der Waals surface area contributed by atoms with Crippen molar-refractivity contribution in [2.45, 2.75) is 11.3 Å². The van der Waals surface area contributed by atoms with Crippen LogP contribution < -0.4 is 5.14 Å². The number of primary sulfonamides is 1. The highest BCUT2D eigenvalue weighted by atomic mass is 32.2. The fourth-order valence-corrected chi connectivity index (χ4v) is 2.83. The maximum atomic E-state index is 13.1. The monoisotopic (exact) mass is 365 g/mol. The van der Waals surface area contributed by atoms with E-state index >= 15 is 0 Å². The van der Waals surface area contributed by atoms with Gasteiger partial charge in [-0.05, 0) is 54.6 Å². The molecule has 0 saturated heterocycles. The summed E-state index contributed by atoms with van der Waals surface area (Å²) in [7, 11) is -3.85. The summed E-state index contributed by atoms with van der Waals surface area (Å²) in [4.78, 5) is -0.0938. The Kier molecular flexibility index (Phi) is 4.27. The second-order valence-corrected chi connectivity index (χ2v) is 6.81. The summed E-state index contributed by atoms with van der Waals surface area (Å²) < 4.78 is 50.1. The van der Waals surface area contributed by atoms with E-state index in [2.05, 4.69) is 5.10 Å². The molecule has 0 aliphatic carbocycles. The third-order valence-corrected chi connectivity index (χ3v) is 4.45. The molecule has 0 spiro atoms. The molecule has 0 radical (unpaired) electrons. The summed E-state index contributed by atoms with van der Waals surface area (Å²) in [6, 6.07) is 12.6. The molecule has 0 aliphatic heterocycles. The number of phenolic OH excluding ortho intramolecular Hbond substituents is 1. The third kappa shape index (κ3) is 3.52. The lowest BCUT2D eigenvalue weighted by Gasteiger charge is -2.08. The number of sulfonamides is 1. The first-order chi connectivity index (χ1) is 11.8. The smallest absolute Gasteiger partial charge is 0.282 e. The highest BCUT2D eigenvalue weighted by molar-refractivity contribution is 7.89.